The number of hydrogen-bond donors (Lipinski definition) is 1. The highest BCUT2D eigenvalue weighted by Gasteiger charge is 2.09. The summed E-state index contributed by atoms with van der Waals surface area (Å²) in [6.07, 6.45) is 2.55. The highest BCUT2D eigenvalue weighted by Crippen LogP contribution is 2.16. The van der Waals surface area contributed by atoms with Crippen LogP contribution in [0.4, 0.5) is 0 Å². The van der Waals surface area contributed by atoms with Gasteiger partial charge in [0.05, 0.1) is 18.8 Å². The molecule has 0 heterocycles. The van der Waals surface area contributed by atoms with Crippen LogP contribution in [0, 0.1) is 13.8 Å². The van der Waals surface area contributed by atoms with E-state index in [0.717, 1.165) is 12.8 Å². The number of aryl methyl sites for hydroxylation is 2. The average Bonchev–Trinajstić information content (AvgIpc) is 2.25. The lowest BCUT2D eigenvalue weighted by Crippen LogP contribution is -2.21. The van der Waals surface area contributed by atoms with E-state index in [1.165, 1.54) is 16.7 Å². The van der Waals surface area contributed by atoms with E-state index in [9.17, 15) is 0 Å². The summed E-state index contributed by atoms with van der Waals surface area (Å²) in [5, 5.41) is 0. The lowest BCUT2D eigenvalue weighted by atomic mass is 10.0. The Morgan fingerprint density at radius 1 is 1.18 bits per heavy atom. The number of hydrogen-bond acceptors (Lipinski definition) is 2. The molecule has 0 aliphatic rings. The van der Waals surface area contributed by atoms with Crippen LogP contribution in [-0.4, -0.2) is 12.7 Å². The number of ether oxygens (including phenoxy) is 1. The van der Waals surface area contributed by atoms with Gasteiger partial charge in [0.2, 0.25) is 0 Å². The van der Waals surface area contributed by atoms with E-state index in [-0.39, 0.29) is 6.04 Å². The number of nitrogens with two attached hydrogens (primary N) is 1. The summed E-state index contributed by atoms with van der Waals surface area (Å²) in [6, 6.07) is 6.43. The lowest BCUT2D eigenvalue weighted by molar-refractivity contribution is 0.0503. The molecule has 1 rings (SSSR count). The van der Waals surface area contributed by atoms with E-state index in [0.29, 0.717) is 12.7 Å². The molecule has 2 atom stereocenters. The van der Waals surface area contributed by atoms with Crippen molar-refractivity contribution in [2.24, 2.45) is 5.73 Å². The molecule has 1 aromatic rings. The van der Waals surface area contributed by atoms with Gasteiger partial charge in [0.25, 0.3) is 0 Å². The van der Waals surface area contributed by atoms with Crippen LogP contribution in [0.5, 0.6) is 0 Å². The minimum absolute atomic E-state index is 0.0205. The SMILES string of the molecule is CCCC(C)OCC(N)c1cc(C)cc(C)c1. The first-order valence-corrected chi connectivity index (χ1v) is 6.48. The maximum absolute atomic E-state index is 6.15. The van der Waals surface area contributed by atoms with E-state index >= 15 is 0 Å². The summed E-state index contributed by atoms with van der Waals surface area (Å²) in [5.74, 6) is 0. The highest BCUT2D eigenvalue weighted by molar-refractivity contribution is 5.30. The first-order valence-electron chi connectivity index (χ1n) is 6.48. The van der Waals surface area contributed by atoms with Crippen molar-refractivity contribution in [1.29, 1.82) is 0 Å². The van der Waals surface area contributed by atoms with Crippen molar-refractivity contribution in [2.75, 3.05) is 6.61 Å². The normalized spacial score (nSPS) is 14.6. The second kappa shape index (κ2) is 6.77. The van der Waals surface area contributed by atoms with E-state index < -0.39 is 0 Å². The van der Waals surface area contributed by atoms with Crippen LogP contribution >= 0.6 is 0 Å². The van der Waals surface area contributed by atoms with Crippen LogP contribution in [0.1, 0.15) is 49.4 Å². The average molecular weight is 235 g/mol. The van der Waals surface area contributed by atoms with Crippen LogP contribution in [0.2, 0.25) is 0 Å². The molecule has 2 unspecified atom stereocenters. The molecule has 0 saturated heterocycles. The van der Waals surface area contributed by atoms with Gasteiger partial charge in [-0.25, -0.2) is 0 Å². The van der Waals surface area contributed by atoms with E-state index in [1.807, 2.05) is 0 Å². The van der Waals surface area contributed by atoms with Gasteiger partial charge in [-0.15, -0.1) is 0 Å². The Bertz CT molecular complexity index is 329. The molecule has 0 aliphatic carbocycles. The summed E-state index contributed by atoms with van der Waals surface area (Å²) in [5.41, 5.74) is 9.85. The van der Waals surface area contributed by atoms with Gasteiger partial charge in [0, 0.05) is 0 Å². The third-order valence-electron chi connectivity index (χ3n) is 2.93. The van der Waals surface area contributed by atoms with Crippen molar-refractivity contribution in [3.63, 3.8) is 0 Å². The fourth-order valence-corrected chi connectivity index (χ4v) is 2.08. The molecule has 0 spiro atoms. The summed E-state index contributed by atoms with van der Waals surface area (Å²) >= 11 is 0. The van der Waals surface area contributed by atoms with Crippen LogP contribution < -0.4 is 5.73 Å². The summed E-state index contributed by atoms with van der Waals surface area (Å²) in [6.45, 7) is 9.08. The molecule has 0 radical (unpaired) electrons. The summed E-state index contributed by atoms with van der Waals surface area (Å²) < 4.78 is 5.75. The lowest BCUT2D eigenvalue weighted by Gasteiger charge is -2.17. The molecular weight excluding hydrogens is 210 g/mol. The predicted octanol–water partition coefficient (Wildman–Crippen LogP) is 3.51. The van der Waals surface area contributed by atoms with Gasteiger partial charge in [-0.05, 0) is 32.8 Å². The monoisotopic (exact) mass is 235 g/mol. The Labute approximate surface area is 105 Å². The Hall–Kier alpha value is -0.860. The van der Waals surface area contributed by atoms with Crippen LogP contribution in [0.3, 0.4) is 0 Å². The molecule has 0 aliphatic heterocycles. The van der Waals surface area contributed by atoms with Gasteiger partial charge in [-0.2, -0.15) is 0 Å². The standard InChI is InChI=1S/C15H25NO/c1-5-6-13(4)17-10-15(16)14-8-11(2)7-12(3)9-14/h7-9,13,15H,5-6,10,16H2,1-4H3. The van der Waals surface area contributed by atoms with Gasteiger partial charge in [-0.1, -0.05) is 42.7 Å². The van der Waals surface area contributed by atoms with E-state index in [4.69, 9.17) is 10.5 Å². The Balaban J connectivity index is 2.54. The van der Waals surface area contributed by atoms with Crippen molar-refractivity contribution in [2.45, 2.75) is 52.7 Å². The fourth-order valence-electron chi connectivity index (χ4n) is 2.08. The molecule has 1 aromatic carbocycles. The first-order chi connectivity index (χ1) is 8.02. The minimum Gasteiger partial charge on any atom is -0.377 e. The molecule has 0 aromatic heterocycles. The van der Waals surface area contributed by atoms with Gasteiger partial charge in [-0.3, -0.25) is 0 Å². The highest BCUT2D eigenvalue weighted by atomic mass is 16.5. The molecule has 0 fully saturated rings. The summed E-state index contributed by atoms with van der Waals surface area (Å²) in [7, 11) is 0. The molecule has 2 heteroatoms. The fraction of sp³-hybridized carbons (Fsp3) is 0.600. The third kappa shape index (κ3) is 4.88. The molecule has 17 heavy (non-hydrogen) atoms. The maximum atomic E-state index is 6.15. The molecule has 96 valence electrons. The first kappa shape index (κ1) is 14.2. The Kier molecular flexibility index (Phi) is 5.66. The van der Waals surface area contributed by atoms with Crippen molar-refractivity contribution in [3.05, 3.63) is 34.9 Å². The van der Waals surface area contributed by atoms with Crippen molar-refractivity contribution >= 4 is 0 Å². The maximum Gasteiger partial charge on any atom is 0.0662 e. The predicted molar refractivity (Wildman–Crippen MR) is 73.2 cm³/mol. The molecule has 0 saturated carbocycles. The topological polar surface area (TPSA) is 35.2 Å². The third-order valence-corrected chi connectivity index (χ3v) is 2.93. The number of rotatable bonds is 6. The molecule has 0 amide bonds. The van der Waals surface area contributed by atoms with Crippen LogP contribution in [0.25, 0.3) is 0 Å². The zero-order valence-electron chi connectivity index (χ0n) is 11.5. The second-order valence-electron chi connectivity index (χ2n) is 4.96. The quantitative estimate of drug-likeness (QED) is 0.819. The smallest absolute Gasteiger partial charge is 0.0662 e. The zero-order valence-corrected chi connectivity index (χ0v) is 11.5. The van der Waals surface area contributed by atoms with Gasteiger partial charge >= 0.3 is 0 Å². The van der Waals surface area contributed by atoms with E-state index in [1.54, 1.807) is 0 Å². The van der Waals surface area contributed by atoms with Gasteiger partial charge in [0.15, 0.2) is 0 Å². The molecule has 0 bridgehead atoms. The Morgan fingerprint density at radius 2 is 1.76 bits per heavy atom. The van der Waals surface area contributed by atoms with Crippen molar-refractivity contribution in [3.8, 4) is 0 Å². The van der Waals surface area contributed by atoms with E-state index in [2.05, 4.69) is 45.9 Å². The van der Waals surface area contributed by atoms with Crippen molar-refractivity contribution in [1.82, 2.24) is 0 Å². The minimum atomic E-state index is -0.0205. The Morgan fingerprint density at radius 3 is 2.29 bits per heavy atom. The van der Waals surface area contributed by atoms with Gasteiger partial charge < -0.3 is 10.5 Å². The van der Waals surface area contributed by atoms with Crippen molar-refractivity contribution < 1.29 is 4.74 Å². The van der Waals surface area contributed by atoms with Gasteiger partial charge in [0.1, 0.15) is 0 Å². The largest absolute Gasteiger partial charge is 0.377 e. The molecule has 2 N–H and O–H groups in total. The molecule has 2 nitrogen and oxygen atoms in total. The zero-order chi connectivity index (χ0) is 12.8. The second-order valence-corrected chi connectivity index (χ2v) is 4.96. The molecular formula is C15H25NO. The van der Waals surface area contributed by atoms with Crippen LogP contribution in [0.15, 0.2) is 18.2 Å². The summed E-state index contributed by atoms with van der Waals surface area (Å²) in [4.78, 5) is 0. The number of benzene rings is 1. The van der Waals surface area contributed by atoms with Crippen LogP contribution in [-0.2, 0) is 4.74 Å².